The van der Waals surface area contributed by atoms with Crippen LogP contribution >= 0.6 is 0 Å². The lowest BCUT2D eigenvalue weighted by Gasteiger charge is -2.27. The van der Waals surface area contributed by atoms with Crippen LogP contribution in [0.2, 0.25) is 0 Å². The van der Waals surface area contributed by atoms with Gasteiger partial charge < -0.3 is 4.90 Å². The summed E-state index contributed by atoms with van der Waals surface area (Å²) in [6.45, 7) is 16.2. The summed E-state index contributed by atoms with van der Waals surface area (Å²) in [6.07, 6.45) is 19.1. The maximum absolute atomic E-state index is 2.57. The van der Waals surface area contributed by atoms with Crippen LogP contribution in [0.5, 0.6) is 0 Å². The zero-order valence-electron chi connectivity index (χ0n) is 25.1. The summed E-state index contributed by atoms with van der Waals surface area (Å²) in [5.41, 5.74) is 11.4. The highest BCUT2D eigenvalue weighted by molar-refractivity contribution is 6.03. The number of para-hydroxylation sites is 2. The molecular weight excluding hydrogens is 472 g/mol. The predicted molar refractivity (Wildman–Crippen MR) is 169 cm³/mol. The molecule has 2 aromatic carbocycles. The van der Waals surface area contributed by atoms with Crippen LogP contribution in [-0.4, -0.2) is 23.4 Å². The van der Waals surface area contributed by atoms with Crippen LogP contribution in [0.25, 0.3) is 0 Å². The van der Waals surface area contributed by atoms with Gasteiger partial charge in [0.1, 0.15) is 6.54 Å². The van der Waals surface area contributed by atoms with E-state index >= 15 is 0 Å². The molecule has 0 spiro atoms. The second-order valence-electron chi connectivity index (χ2n) is 12.5. The molecule has 2 heterocycles. The molecule has 204 valence electrons. The van der Waals surface area contributed by atoms with Crippen LogP contribution in [0.4, 0.5) is 11.4 Å². The topological polar surface area (TPSA) is 6.25 Å². The number of allylic oxidation sites excluding steroid dienone is 8. The van der Waals surface area contributed by atoms with Crippen molar-refractivity contribution in [2.75, 3.05) is 18.0 Å². The summed E-state index contributed by atoms with van der Waals surface area (Å²) in [4.78, 5) is 2.57. The molecule has 5 rings (SSSR count). The first-order valence-corrected chi connectivity index (χ1v) is 15.2. The Morgan fingerprint density at radius 3 is 2.28 bits per heavy atom. The van der Waals surface area contributed by atoms with Crippen molar-refractivity contribution in [1.82, 2.24) is 0 Å². The van der Waals surface area contributed by atoms with Crippen LogP contribution in [0.3, 0.4) is 0 Å². The van der Waals surface area contributed by atoms with E-state index in [4.69, 9.17) is 0 Å². The molecule has 39 heavy (non-hydrogen) atoms. The van der Waals surface area contributed by atoms with Gasteiger partial charge in [-0.3, -0.25) is 0 Å². The molecule has 0 bridgehead atoms. The van der Waals surface area contributed by atoms with Crippen molar-refractivity contribution < 1.29 is 4.58 Å². The van der Waals surface area contributed by atoms with Gasteiger partial charge in [-0.25, -0.2) is 0 Å². The van der Waals surface area contributed by atoms with Gasteiger partial charge in [0, 0.05) is 47.5 Å². The highest BCUT2D eigenvalue weighted by Gasteiger charge is 2.44. The first-order chi connectivity index (χ1) is 18.8. The van der Waals surface area contributed by atoms with Crippen LogP contribution < -0.4 is 4.90 Å². The normalized spacial score (nSPS) is 21.4. The number of hydrogen-bond donors (Lipinski definition) is 0. The van der Waals surface area contributed by atoms with E-state index in [1.807, 2.05) is 0 Å². The Hall–Kier alpha value is -3.13. The molecule has 0 atom stereocenters. The summed E-state index contributed by atoms with van der Waals surface area (Å²) in [6, 6.07) is 17.9. The second kappa shape index (κ2) is 11.2. The molecule has 0 aromatic heterocycles. The van der Waals surface area contributed by atoms with Gasteiger partial charge in [-0.05, 0) is 62.0 Å². The van der Waals surface area contributed by atoms with Gasteiger partial charge >= 0.3 is 0 Å². The van der Waals surface area contributed by atoms with E-state index in [1.54, 1.807) is 0 Å². The second-order valence-corrected chi connectivity index (χ2v) is 12.5. The van der Waals surface area contributed by atoms with Gasteiger partial charge in [0.15, 0.2) is 5.71 Å². The highest BCUT2D eigenvalue weighted by atomic mass is 15.2. The van der Waals surface area contributed by atoms with Crippen molar-refractivity contribution >= 4 is 17.1 Å². The Bertz CT molecular complexity index is 1380. The summed E-state index contributed by atoms with van der Waals surface area (Å²) in [7, 11) is 0. The molecule has 0 saturated heterocycles. The summed E-state index contributed by atoms with van der Waals surface area (Å²) >= 11 is 0. The van der Waals surface area contributed by atoms with Gasteiger partial charge in [-0.2, -0.15) is 4.58 Å². The van der Waals surface area contributed by atoms with Crippen molar-refractivity contribution in [1.29, 1.82) is 0 Å². The van der Waals surface area contributed by atoms with E-state index < -0.39 is 0 Å². The Morgan fingerprint density at radius 1 is 0.795 bits per heavy atom. The molecule has 2 heteroatoms. The molecule has 1 aliphatic carbocycles. The molecule has 2 aromatic rings. The third-order valence-electron chi connectivity index (χ3n) is 9.05. The maximum Gasteiger partial charge on any atom is 0.209 e. The van der Waals surface area contributed by atoms with E-state index in [-0.39, 0.29) is 10.8 Å². The molecule has 0 unspecified atom stereocenters. The standard InChI is InChI=1S/C37H47N2/c1-7-9-25-38-32-17-13-11-15-30(32)36(3,4)34(38)23-21-28-19-20-29(27-28)22-24-35-37(5,6)31-16-12-14-18-33(31)39(35)26-10-8-2/h11-18,21-24,27H,7-10,19-20,25-26H2,1-6H3/q+1. The zero-order valence-corrected chi connectivity index (χ0v) is 25.1. The molecule has 0 fully saturated rings. The lowest BCUT2D eigenvalue weighted by Crippen LogP contribution is -2.27. The largest absolute Gasteiger partial charge is 0.344 e. The van der Waals surface area contributed by atoms with Crippen molar-refractivity contribution in [2.45, 2.75) is 90.9 Å². The van der Waals surface area contributed by atoms with Crippen molar-refractivity contribution in [3.8, 4) is 0 Å². The minimum absolute atomic E-state index is 0.0219. The smallest absolute Gasteiger partial charge is 0.209 e. The van der Waals surface area contributed by atoms with Gasteiger partial charge in [0.05, 0.1) is 5.41 Å². The maximum atomic E-state index is 2.57. The van der Waals surface area contributed by atoms with Gasteiger partial charge in [0.25, 0.3) is 0 Å². The van der Waals surface area contributed by atoms with Crippen molar-refractivity contribution in [3.63, 3.8) is 0 Å². The Balaban J connectivity index is 1.41. The molecule has 0 radical (unpaired) electrons. The van der Waals surface area contributed by atoms with Crippen LogP contribution in [-0.2, 0) is 10.8 Å². The van der Waals surface area contributed by atoms with E-state index in [1.165, 1.54) is 70.7 Å². The molecule has 0 N–H and O–H groups in total. The fourth-order valence-corrected chi connectivity index (χ4v) is 6.70. The SMILES string of the molecule is CCCCN1/C(=C/C=C2C=C(/C=C/C3=[N+](CCCC)c4ccccc4C3(C)C)CC/2)C(C)(C)c2ccccc21. The molecule has 2 aliphatic heterocycles. The predicted octanol–water partition coefficient (Wildman–Crippen LogP) is 9.55. The number of fused-ring (bicyclic) bond motifs is 2. The van der Waals surface area contributed by atoms with E-state index in [0.29, 0.717) is 0 Å². The van der Waals surface area contributed by atoms with Gasteiger partial charge in [-0.15, -0.1) is 0 Å². The number of nitrogens with zero attached hydrogens (tertiary/aromatic N) is 2. The summed E-state index contributed by atoms with van der Waals surface area (Å²) < 4.78 is 2.57. The van der Waals surface area contributed by atoms with E-state index in [0.717, 1.165) is 25.9 Å². The first-order valence-electron chi connectivity index (χ1n) is 15.2. The molecule has 2 nitrogen and oxygen atoms in total. The molecule has 3 aliphatic rings. The van der Waals surface area contributed by atoms with Gasteiger partial charge in [-0.1, -0.05) is 95.2 Å². The lowest BCUT2D eigenvalue weighted by atomic mass is 9.81. The summed E-state index contributed by atoms with van der Waals surface area (Å²) in [5, 5.41) is 0. The average Bonchev–Trinajstić information content (AvgIpc) is 3.54. The van der Waals surface area contributed by atoms with E-state index in [9.17, 15) is 0 Å². The Labute approximate surface area is 237 Å². The quantitative estimate of drug-likeness (QED) is 0.299. The highest BCUT2D eigenvalue weighted by Crippen LogP contribution is 2.48. The number of rotatable bonds is 9. The van der Waals surface area contributed by atoms with Gasteiger partial charge in [0.2, 0.25) is 5.69 Å². The van der Waals surface area contributed by atoms with Crippen molar-refractivity contribution in [2.24, 2.45) is 0 Å². The molecule has 0 saturated carbocycles. The third kappa shape index (κ3) is 5.11. The number of benzene rings is 2. The van der Waals surface area contributed by atoms with Crippen LogP contribution in [0, 0.1) is 0 Å². The number of anilines is 1. The molecular formula is C37H47N2+. The fourth-order valence-electron chi connectivity index (χ4n) is 6.70. The number of hydrogen-bond acceptors (Lipinski definition) is 1. The fraction of sp³-hybridized carbons (Fsp3) is 0.432. The Morgan fingerprint density at radius 2 is 1.51 bits per heavy atom. The van der Waals surface area contributed by atoms with Crippen LogP contribution in [0.1, 0.15) is 91.2 Å². The van der Waals surface area contributed by atoms with Crippen molar-refractivity contribution in [3.05, 3.63) is 107 Å². The monoisotopic (exact) mass is 519 g/mol. The Kier molecular flexibility index (Phi) is 7.85. The number of unbranched alkanes of at least 4 members (excludes halogenated alkanes) is 2. The average molecular weight is 520 g/mol. The first kappa shape index (κ1) is 27.4. The summed E-state index contributed by atoms with van der Waals surface area (Å²) in [5.74, 6) is 0. The minimum Gasteiger partial charge on any atom is -0.344 e. The minimum atomic E-state index is 0.0219. The van der Waals surface area contributed by atoms with Crippen LogP contribution in [0.15, 0.2) is 95.8 Å². The third-order valence-corrected chi connectivity index (χ3v) is 9.05. The lowest BCUT2D eigenvalue weighted by molar-refractivity contribution is -0.438. The van der Waals surface area contributed by atoms with E-state index in [2.05, 4.69) is 130 Å². The molecule has 0 amide bonds. The zero-order chi connectivity index (χ0) is 27.6.